The molecule has 11 heteroatoms. The fourth-order valence-electron chi connectivity index (χ4n) is 3.76. The first-order chi connectivity index (χ1) is 16.1. The van der Waals surface area contributed by atoms with Crippen LogP contribution in [0.15, 0.2) is 77.8 Å². The predicted molar refractivity (Wildman–Crippen MR) is 122 cm³/mol. The van der Waals surface area contributed by atoms with Gasteiger partial charge in [-0.3, -0.25) is 9.62 Å². The van der Waals surface area contributed by atoms with E-state index in [1.807, 2.05) is 6.07 Å². The second-order valence-corrected chi connectivity index (χ2v) is 9.65. The zero-order chi connectivity index (χ0) is 24.3. The van der Waals surface area contributed by atoms with Crippen LogP contribution in [0.5, 0.6) is 5.75 Å². The highest BCUT2D eigenvalue weighted by molar-refractivity contribution is 7.92. The third-order valence-corrected chi connectivity index (χ3v) is 6.77. The molecule has 1 atom stereocenters. The fourth-order valence-corrected chi connectivity index (χ4v) is 4.78. The van der Waals surface area contributed by atoms with Crippen molar-refractivity contribution < 1.29 is 26.3 Å². The van der Waals surface area contributed by atoms with Crippen molar-refractivity contribution in [3.05, 3.63) is 78.5 Å². The van der Waals surface area contributed by atoms with E-state index in [9.17, 15) is 21.6 Å². The largest absolute Gasteiger partial charge is 0.573 e. The van der Waals surface area contributed by atoms with Crippen LogP contribution in [0.3, 0.4) is 0 Å². The maximum Gasteiger partial charge on any atom is 0.573 e. The van der Waals surface area contributed by atoms with Crippen LogP contribution in [0.1, 0.15) is 12.5 Å². The number of nitrogens with zero attached hydrogens (tertiary/aromatic N) is 3. The zero-order valence-corrected chi connectivity index (χ0v) is 19.1. The Morgan fingerprint density at radius 1 is 1.09 bits per heavy atom. The summed E-state index contributed by atoms with van der Waals surface area (Å²) in [5.41, 5.74) is 1.67. The molecule has 4 rings (SSSR count). The Hall–Kier alpha value is -3.31. The molecule has 3 aromatic rings. The zero-order valence-electron chi connectivity index (χ0n) is 18.2. The van der Waals surface area contributed by atoms with Crippen LogP contribution in [0, 0.1) is 0 Å². The number of nitrogens with one attached hydrogen (secondary N) is 1. The van der Waals surface area contributed by atoms with Crippen LogP contribution in [-0.2, 0) is 16.6 Å². The van der Waals surface area contributed by atoms with E-state index in [1.54, 1.807) is 42.6 Å². The van der Waals surface area contributed by atoms with Gasteiger partial charge < -0.3 is 9.64 Å². The minimum absolute atomic E-state index is 0.151. The summed E-state index contributed by atoms with van der Waals surface area (Å²) in [5, 5.41) is 0. The summed E-state index contributed by atoms with van der Waals surface area (Å²) in [6.07, 6.45) is -3.17. The summed E-state index contributed by atoms with van der Waals surface area (Å²) in [6, 6.07) is 17.5. The molecule has 0 radical (unpaired) electrons. The predicted octanol–water partition coefficient (Wildman–Crippen LogP) is 4.45. The third-order valence-electron chi connectivity index (χ3n) is 5.40. The number of rotatable bonds is 7. The molecular weight excluding hydrogens is 469 g/mol. The molecule has 1 unspecified atom stereocenters. The van der Waals surface area contributed by atoms with Gasteiger partial charge in [0.05, 0.1) is 11.6 Å². The number of benzene rings is 2. The minimum atomic E-state index is -4.72. The number of sulfonamides is 1. The normalized spacial score (nSPS) is 17.1. The molecule has 1 saturated heterocycles. The molecule has 7 nitrogen and oxygen atoms in total. The lowest BCUT2D eigenvalue weighted by molar-refractivity contribution is -0.274. The van der Waals surface area contributed by atoms with Crippen LogP contribution in [0.25, 0.3) is 0 Å². The molecule has 0 amide bonds. The van der Waals surface area contributed by atoms with Crippen LogP contribution >= 0.6 is 0 Å². The number of anilines is 2. The molecule has 1 N–H and O–H groups in total. The van der Waals surface area contributed by atoms with E-state index in [-0.39, 0.29) is 22.5 Å². The molecule has 1 aliphatic heterocycles. The van der Waals surface area contributed by atoms with Crippen LogP contribution < -0.4 is 14.4 Å². The number of ether oxygens (including phenoxy) is 1. The molecule has 2 aromatic carbocycles. The summed E-state index contributed by atoms with van der Waals surface area (Å²) < 4.78 is 68.7. The van der Waals surface area contributed by atoms with Gasteiger partial charge in [-0.15, -0.1) is 13.2 Å². The Balaban J connectivity index is 1.41. The van der Waals surface area contributed by atoms with Crippen molar-refractivity contribution in [3.8, 4) is 5.75 Å². The number of pyridine rings is 1. The highest BCUT2D eigenvalue weighted by Crippen LogP contribution is 2.28. The lowest BCUT2D eigenvalue weighted by atomic mass is 10.2. The van der Waals surface area contributed by atoms with Crippen LogP contribution in [0.2, 0.25) is 0 Å². The molecule has 1 aromatic heterocycles. The van der Waals surface area contributed by atoms with E-state index < -0.39 is 16.4 Å². The number of hydrogen-bond acceptors (Lipinski definition) is 6. The highest BCUT2D eigenvalue weighted by atomic mass is 32.2. The van der Waals surface area contributed by atoms with Gasteiger partial charge in [0.15, 0.2) is 0 Å². The van der Waals surface area contributed by atoms with E-state index in [0.29, 0.717) is 19.8 Å². The Labute approximate surface area is 195 Å². The van der Waals surface area contributed by atoms with E-state index in [4.69, 9.17) is 0 Å². The van der Waals surface area contributed by atoms with Crippen molar-refractivity contribution in [1.82, 2.24) is 9.88 Å². The van der Waals surface area contributed by atoms with E-state index in [0.717, 1.165) is 11.3 Å². The molecule has 180 valence electrons. The molecule has 34 heavy (non-hydrogen) atoms. The summed E-state index contributed by atoms with van der Waals surface area (Å²) in [4.78, 5) is 8.52. The Bertz CT molecular complexity index is 1220. The van der Waals surface area contributed by atoms with Crippen molar-refractivity contribution in [1.29, 1.82) is 0 Å². The van der Waals surface area contributed by atoms with Gasteiger partial charge in [-0.05, 0) is 61.0 Å². The first-order valence-corrected chi connectivity index (χ1v) is 11.9. The van der Waals surface area contributed by atoms with Gasteiger partial charge in [-0.2, -0.15) is 0 Å². The molecule has 1 aliphatic rings. The topological polar surface area (TPSA) is 74.8 Å². The first-order valence-electron chi connectivity index (χ1n) is 10.5. The monoisotopic (exact) mass is 492 g/mol. The molecule has 0 aliphatic carbocycles. The smallest absolute Gasteiger partial charge is 0.406 e. The average molecular weight is 493 g/mol. The summed E-state index contributed by atoms with van der Waals surface area (Å²) >= 11 is 0. The SMILES string of the molecule is CC1CN(c2ccc(OC(F)(F)F)cc2)CN1Cc1ccnc(NS(=O)(=O)c2ccccc2)c1. The second kappa shape index (κ2) is 9.51. The van der Waals surface area contributed by atoms with Crippen molar-refractivity contribution in [2.45, 2.75) is 30.8 Å². The molecule has 2 heterocycles. The maximum atomic E-state index is 12.6. The summed E-state index contributed by atoms with van der Waals surface area (Å²) in [5.74, 6) is -0.0343. The van der Waals surface area contributed by atoms with E-state index in [1.165, 1.54) is 24.3 Å². The standard InChI is InChI=1S/C23H23F3N4O3S/c1-17-14-30(19-7-9-20(10-8-19)33-23(24,25)26)16-29(17)15-18-11-12-27-22(13-18)28-34(31,32)21-5-3-2-4-6-21/h2-13,17H,14-16H2,1H3,(H,27,28). The van der Waals surface area contributed by atoms with Gasteiger partial charge in [-0.25, -0.2) is 13.4 Å². The van der Waals surface area contributed by atoms with Gasteiger partial charge in [-0.1, -0.05) is 18.2 Å². The van der Waals surface area contributed by atoms with Gasteiger partial charge in [0.25, 0.3) is 10.0 Å². The van der Waals surface area contributed by atoms with Gasteiger partial charge in [0.1, 0.15) is 11.6 Å². The van der Waals surface area contributed by atoms with Crippen molar-refractivity contribution in [3.63, 3.8) is 0 Å². The number of halogens is 3. The highest BCUT2D eigenvalue weighted by Gasteiger charge is 2.31. The minimum Gasteiger partial charge on any atom is -0.406 e. The van der Waals surface area contributed by atoms with E-state index >= 15 is 0 Å². The molecular formula is C23H23F3N4O3S. The van der Waals surface area contributed by atoms with Crippen molar-refractivity contribution in [2.75, 3.05) is 22.8 Å². The average Bonchev–Trinajstić information content (AvgIpc) is 3.14. The second-order valence-electron chi connectivity index (χ2n) is 7.97. The Kier molecular flexibility index (Phi) is 6.67. The number of alkyl halides is 3. The maximum absolute atomic E-state index is 12.6. The molecule has 0 spiro atoms. The van der Waals surface area contributed by atoms with Crippen LogP contribution in [0.4, 0.5) is 24.7 Å². The quantitative estimate of drug-likeness (QED) is 0.525. The molecule has 0 saturated carbocycles. The third kappa shape index (κ3) is 5.97. The number of aromatic nitrogens is 1. The van der Waals surface area contributed by atoms with E-state index in [2.05, 4.69) is 31.2 Å². The summed E-state index contributed by atoms with van der Waals surface area (Å²) in [6.45, 7) is 3.86. The Morgan fingerprint density at radius 3 is 2.47 bits per heavy atom. The van der Waals surface area contributed by atoms with Gasteiger partial charge >= 0.3 is 6.36 Å². The summed E-state index contributed by atoms with van der Waals surface area (Å²) in [7, 11) is -3.74. The fraction of sp³-hybridized carbons (Fsp3) is 0.261. The van der Waals surface area contributed by atoms with Crippen molar-refractivity contribution >= 4 is 21.5 Å². The lowest BCUT2D eigenvalue weighted by Gasteiger charge is -2.21. The van der Waals surface area contributed by atoms with Crippen molar-refractivity contribution in [2.24, 2.45) is 0 Å². The molecule has 1 fully saturated rings. The van der Waals surface area contributed by atoms with Crippen LogP contribution in [-0.4, -0.2) is 43.9 Å². The number of hydrogen-bond donors (Lipinski definition) is 1. The first kappa shape index (κ1) is 23.8. The lowest BCUT2D eigenvalue weighted by Crippen LogP contribution is -2.28. The van der Waals surface area contributed by atoms with Gasteiger partial charge in [0.2, 0.25) is 0 Å². The van der Waals surface area contributed by atoms with Gasteiger partial charge in [0, 0.05) is 31.0 Å². The molecule has 0 bridgehead atoms. The Morgan fingerprint density at radius 2 is 1.79 bits per heavy atom.